The lowest BCUT2D eigenvalue weighted by Gasteiger charge is -2.12. The highest BCUT2D eigenvalue weighted by Gasteiger charge is 2.08. The van der Waals surface area contributed by atoms with Gasteiger partial charge >= 0.3 is 0 Å². The summed E-state index contributed by atoms with van der Waals surface area (Å²) in [4.78, 5) is 19.9. The Morgan fingerprint density at radius 3 is 3.05 bits per heavy atom. The molecule has 0 radical (unpaired) electrons. The van der Waals surface area contributed by atoms with Crippen LogP contribution in [0.15, 0.2) is 29.2 Å². The van der Waals surface area contributed by atoms with Crippen molar-refractivity contribution in [2.24, 2.45) is 0 Å². The van der Waals surface area contributed by atoms with Crippen molar-refractivity contribution in [3.8, 4) is 5.88 Å². The molecule has 0 aliphatic rings. The van der Waals surface area contributed by atoms with Crippen LogP contribution in [0.4, 0.5) is 0 Å². The van der Waals surface area contributed by atoms with Gasteiger partial charge in [-0.3, -0.25) is 4.79 Å². The summed E-state index contributed by atoms with van der Waals surface area (Å²) in [5, 5.41) is 4.54. The Morgan fingerprint density at radius 1 is 1.50 bits per heavy atom. The number of hydrogen-bond donors (Lipinski definition) is 1. The van der Waals surface area contributed by atoms with E-state index in [0.29, 0.717) is 18.1 Å². The van der Waals surface area contributed by atoms with Crippen molar-refractivity contribution >= 4 is 17.2 Å². The molecule has 6 heteroatoms. The smallest absolute Gasteiger partial charge is 0.271 e. The van der Waals surface area contributed by atoms with E-state index >= 15 is 0 Å². The Hall–Kier alpha value is -1.95. The lowest BCUT2D eigenvalue weighted by atomic mass is 10.2. The Bertz CT molecular complexity index is 557. The lowest BCUT2D eigenvalue weighted by molar-refractivity contribution is 0.0946. The third-order valence-corrected chi connectivity index (χ3v) is 3.40. The number of aromatic nitrogens is 2. The van der Waals surface area contributed by atoms with E-state index in [1.165, 1.54) is 11.3 Å². The molecule has 0 saturated carbocycles. The first kappa shape index (κ1) is 14.5. The second kappa shape index (κ2) is 7.00. The summed E-state index contributed by atoms with van der Waals surface area (Å²) in [5.41, 5.74) is 3.03. The fourth-order valence-electron chi connectivity index (χ4n) is 1.51. The Kier molecular flexibility index (Phi) is 5.06. The average Bonchev–Trinajstić information content (AvgIpc) is 2.99. The van der Waals surface area contributed by atoms with E-state index in [4.69, 9.17) is 4.74 Å². The van der Waals surface area contributed by atoms with Crippen LogP contribution in [0.1, 0.15) is 36.3 Å². The number of hydrogen-bond acceptors (Lipinski definition) is 5. The molecule has 106 valence electrons. The van der Waals surface area contributed by atoms with Gasteiger partial charge in [-0.15, -0.1) is 11.3 Å². The van der Waals surface area contributed by atoms with Gasteiger partial charge in [0.05, 0.1) is 11.6 Å². The molecular weight excluding hydrogens is 274 g/mol. The molecule has 2 aromatic rings. The van der Waals surface area contributed by atoms with Gasteiger partial charge in [0, 0.05) is 24.2 Å². The predicted octanol–water partition coefficient (Wildman–Crippen LogP) is 2.65. The van der Waals surface area contributed by atoms with Crippen molar-refractivity contribution in [3.63, 3.8) is 0 Å². The molecule has 1 amide bonds. The van der Waals surface area contributed by atoms with Crippen molar-refractivity contribution in [1.29, 1.82) is 0 Å². The Balaban J connectivity index is 1.93. The molecule has 20 heavy (non-hydrogen) atoms. The average molecular weight is 291 g/mol. The van der Waals surface area contributed by atoms with Crippen LogP contribution < -0.4 is 10.1 Å². The minimum atomic E-state index is -0.174. The third kappa shape index (κ3) is 4.03. The second-order valence-electron chi connectivity index (χ2n) is 4.40. The summed E-state index contributed by atoms with van der Waals surface area (Å²) in [5.74, 6) is 0.409. The van der Waals surface area contributed by atoms with Crippen LogP contribution in [-0.2, 0) is 6.54 Å². The first-order chi connectivity index (χ1) is 9.69. The summed E-state index contributed by atoms with van der Waals surface area (Å²) in [6.45, 7) is 4.48. The van der Waals surface area contributed by atoms with Gasteiger partial charge in [0.25, 0.3) is 5.91 Å². The summed E-state index contributed by atoms with van der Waals surface area (Å²) in [7, 11) is 0. The molecule has 2 rings (SSSR count). The number of carbonyl (C=O) groups excluding carboxylic acids is 1. The van der Waals surface area contributed by atoms with E-state index in [9.17, 15) is 4.79 Å². The number of rotatable bonds is 6. The zero-order chi connectivity index (χ0) is 14.4. The van der Waals surface area contributed by atoms with Crippen molar-refractivity contribution in [2.45, 2.75) is 32.9 Å². The van der Waals surface area contributed by atoms with Crippen LogP contribution in [0.2, 0.25) is 0 Å². The van der Waals surface area contributed by atoms with E-state index in [-0.39, 0.29) is 12.0 Å². The second-order valence-corrected chi connectivity index (χ2v) is 5.11. The predicted molar refractivity (Wildman–Crippen MR) is 77.9 cm³/mol. The van der Waals surface area contributed by atoms with Crippen molar-refractivity contribution in [1.82, 2.24) is 15.3 Å². The van der Waals surface area contributed by atoms with Crippen LogP contribution in [-0.4, -0.2) is 22.0 Å². The molecule has 0 aliphatic carbocycles. The Labute approximate surface area is 122 Å². The normalized spacial score (nSPS) is 11.9. The zero-order valence-corrected chi connectivity index (χ0v) is 12.3. The van der Waals surface area contributed by atoms with Gasteiger partial charge in [-0.1, -0.05) is 6.92 Å². The molecule has 0 aliphatic heterocycles. The molecule has 1 atom stereocenters. The van der Waals surface area contributed by atoms with Crippen LogP contribution in [0.25, 0.3) is 0 Å². The number of carbonyl (C=O) groups is 1. The first-order valence-electron chi connectivity index (χ1n) is 6.47. The fraction of sp³-hybridized carbons (Fsp3) is 0.357. The topological polar surface area (TPSA) is 64.1 Å². The van der Waals surface area contributed by atoms with Gasteiger partial charge in [-0.2, -0.15) is 0 Å². The number of nitrogens with one attached hydrogen (secondary N) is 1. The van der Waals surface area contributed by atoms with E-state index in [1.807, 2.05) is 19.1 Å². The number of nitrogens with zero attached hydrogens (tertiary/aromatic N) is 2. The summed E-state index contributed by atoms with van der Waals surface area (Å²) in [6.07, 6.45) is 2.73. The molecule has 1 unspecified atom stereocenters. The lowest BCUT2D eigenvalue weighted by Crippen LogP contribution is -2.23. The molecule has 2 aromatic heterocycles. The molecule has 0 spiro atoms. The molecular formula is C14H17N3O2S. The number of amides is 1. The van der Waals surface area contributed by atoms with Gasteiger partial charge < -0.3 is 10.1 Å². The first-order valence-corrected chi connectivity index (χ1v) is 7.41. The molecule has 0 aromatic carbocycles. The quantitative estimate of drug-likeness (QED) is 0.888. The monoisotopic (exact) mass is 291 g/mol. The van der Waals surface area contributed by atoms with Gasteiger partial charge in [0.2, 0.25) is 5.88 Å². The maximum absolute atomic E-state index is 11.8. The van der Waals surface area contributed by atoms with Gasteiger partial charge in [0.15, 0.2) is 0 Å². The van der Waals surface area contributed by atoms with Crippen LogP contribution in [0.5, 0.6) is 5.88 Å². The molecule has 1 N–H and O–H groups in total. The Morgan fingerprint density at radius 2 is 2.35 bits per heavy atom. The third-order valence-electron chi connectivity index (χ3n) is 2.81. The van der Waals surface area contributed by atoms with Crippen molar-refractivity contribution in [3.05, 3.63) is 40.5 Å². The standard InChI is InChI=1S/C14H17N3O2S/c1-3-10(2)19-13-6-11(4-5-15-13)7-16-14(18)12-8-20-9-17-12/h4-6,8-10H,3,7H2,1-2H3,(H,16,18). The van der Waals surface area contributed by atoms with Gasteiger partial charge in [-0.25, -0.2) is 9.97 Å². The van der Waals surface area contributed by atoms with Crippen LogP contribution in [0, 0.1) is 0 Å². The molecule has 2 heterocycles. The largest absolute Gasteiger partial charge is 0.475 e. The minimum Gasteiger partial charge on any atom is -0.475 e. The minimum absolute atomic E-state index is 0.127. The van der Waals surface area contributed by atoms with Crippen LogP contribution in [0.3, 0.4) is 0 Å². The number of ether oxygens (including phenoxy) is 1. The maximum atomic E-state index is 11.8. The van der Waals surface area contributed by atoms with Crippen molar-refractivity contribution in [2.75, 3.05) is 0 Å². The SMILES string of the molecule is CCC(C)Oc1cc(CNC(=O)c2cscn2)ccn1. The maximum Gasteiger partial charge on any atom is 0.271 e. The summed E-state index contributed by atoms with van der Waals surface area (Å²) < 4.78 is 5.65. The van der Waals surface area contributed by atoms with Gasteiger partial charge in [0.1, 0.15) is 5.69 Å². The number of pyridine rings is 1. The summed E-state index contributed by atoms with van der Waals surface area (Å²) in [6, 6.07) is 3.69. The van der Waals surface area contributed by atoms with E-state index in [0.717, 1.165) is 12.0 Å². The zero-order valence-electron chi connectivity index (χ0n) is 11.5. The molecule has 0 bridgehead atoms. The van der Waals surface area contributed by atoms with Crippen LogP contribution >= 0.6 is 11.3 Å². The highest BCUT2D eigenvalue weighted by Crippen LogP contribution is 2.12. The number of thiazole rings is 1. The highest BCUT2D eigenvalue weighted by atomic mass is 32.1. The summed E-state index contributed by atoms with van der Waals surface area (Å²) >= 11 is 1.40. The highest BCUT2D eigenvalue weighted by molar-refractivity contribution is 7.07. The van der Waals surface area contributed by atoms with Crippen molar-refractivity contribution < 1.29 is 9.53 Å². The van der Waals surface area contributed by atoms with E-state index in [2.05, 4.69) is 22.2 Å². The molecule has 0 fully saturated rings. The fourth-order valence-corrected chi connectivity index (χ4v) is 2.04. The van der Waals surface area contributed by atoms with Gasteiger partial charge in [-0.05, 0) is 25.0 Å². The molecule has 0 saturated heterocycles. The van der Waals surface area contributed by atoms with E-state index in [1.54, 1.807) is 17.1 Å². The molecule has 5 nitrogen and oxygen atoms in total. The van der Waals surface area contributed by atoms with E-state index < -0.39 is 0 Å².